The zero-order valence-electron chi connectivity index (χ0n) is 10.8. The Balaban J connectivity index is 2.05. The summed E-state index contributed by atoms with van der Waals surface area (Å²) in [6.07, 6.45) is 0. The van der Waals surface area contributed by atoms with Crippen LogP contribution in [0.15, 0.2) is 66.7 Å². The van der Waals surface area contributed by atoms with E-state index in [4.69, 9.17) is 5.73 Å². The maximum Gasteiger partial charge on any atom is 0.258 e. The molecule has 20 heavy (non-hydrogen) atoms. The molecule has 0 unspecified atom stereocenters. The second-order valence-corrected chi connectivity index (χ2v) is 4.57. The average Bonchev–Trinajstić information content (AvgIpc) is 2.48. The first-order valence-corrected chi connectivity index (χ1v) is 6.39. The van der Waals surface area contributed by atoms with E-state index in [1.165, 1.54) is 0 Å². The molecule has 0 spiro atoms. The van der Waals surface area contributed by atoms with Gasteiger partial charge in [0.15, 0.2) is 0 Å². The van der Waals surface area contributed by atoms with Crippen LogP contribution in [0, 0.1) is 0 Å². The fourth-order valence-corrected chi connectivity index (χ4v) is 2.26. The lowest BCUT2D eigenvalue weighted by Gasteiger charge is -2.10. The van der Waals surface area contributed by atoms with E-state index in [9.17, 15) is 4.79 Å². The minimum Gasteiger partial charge on any atom is -0.398 e. The Morgan fingerprint density at radius 2 is 1.55 bits per heavy atom. The van der Waals surface area contributed by atoms with E-state index in [1.807, 2.05) is 60.7 Å². The number of benzene rings is 3. The van der Waals surface area contributed by atoms with Crippen LogP contribution in [-0.2, 0) is 0 Å². The summed E-state index contributed by atoms with van der Waals surface area (Å²) in [5.74, 6) is -0.189. The Hall–Kier alpha value is -2.81. The third kappa shape index (κ3) is 2.21. The van der Waals surface area contributed by atoms with Crippen LogP contribution in [0.2, 0.25) is 0 Å². The van der Waals surface area contributed by atoms with Gasteiger partial charge in [0.05, 0.1) is 5.56 Å². The Morgan fingerprint density at radius 3 is 2.35 bits per heavy atom. The van der Waals surface area contributed by atoms with Gasteiger partial charge in [-0.2, -0.15) is 0 Å². The topological polar surface area (TPSA) is 55.1 Å². The Kier molecular flexibility index (Phi) is 3.09. The summed E-state index contributed by atoms with van der Waals surface area (Å²) in [4.78, 5) is 12.5. The van der Waals surface area contributed by atoms with Gasteiger partial charge in [0.25, 0.3) is 5.91 Å². The van der Waals surface area contributed by atoms with Gasteiger partial charge in [0, 0.05) is 11.4 Å². The molecule has 0 fully saturated rings. The van der Waals surface area contributed by atoms with Crippen LogP contribution < -0.4 is 11.1 Å². The fraction of sp³-hybridized carbons (Fsp3) is 0. The molecule has 0 aromatic heterocycles. The van der Waals surface area contributed by atoms with Crippen LogP contribution >= 0.6 is 0 Å². The average molecular weight is 262 g/mol. The Morgan fingerprint density at radius 1 is 0.850 bits per heavy atom. The molecule has 0 saturated heterocycles. The number of hydrogen-bond donors (Lipinski definition) is 2. The van der Waals surface area contributed by atoms with E-state index >= 15 is 0 Å². The van der Waals surface area contributed by atoms with Crippen molar-refractivity contribution in [3.63, 3.8) is 0 Å². The maximum absolute atomic E-state index is 12.5. The quantitative estimate of drug-likeness (QED) is 0.692. The number of fused-ring (bicyclic) bond motifs is 1. The number of nitrogens with two attached hydrogens (primary N) is 1. The highest BCUT2D eigenvalue weighted by Crippen LogP contribution is 2.25. The molecule has 0 aliphatic heterocycles. The van der Waals surface area contributed by atoms with Gasteiger partial charge in [-0.15, -0.1) is 0 Å². The van der Waals surface area contributed by atoms with Gasteiger partial charge in [-0.1, -0.05) is 48.5 Å². The summed E-state index contributed by atoms with van der Waals surface area (Å²) in [6.45, 7) is 0. The second kappa shape index (κ2) is 5.05. The lowest BCUT2D eigenvalue weighted by Crippen LogP contribution is -2.14. The SMILES string of the molecule is Nc1ccc2ccccc2c1C(=O)Nc1ccccc1. The summed E-state index contributed by atoms with van der Waals surface area (Å²) in [7, 11) is 0. The molecule has 3 N–H and O–H groups in total. The summed E-state index contributed by atoms with van der Waals surface area (Å²) in [5, 5.41) is 4.73. The summed E-state index contributed by atoms with van der Waals surface area (Å²) in [5.41, 5.74) is 7.74. The molecule has 0 atom stereocenters. The molecule has 0 bridgehead atoms. The van der Waals surface area contributed by atoms with Crippen molar-refractivity contribution in [2.24, 2.45) is 0 Å². The van der Waals surface area contributed by atoms with Gasteiger partial charge in [-0.3, -0.25) is 4.79 Å². The Bertz CT molecular complexity index is 766. The monoisotopic (exact) mass is 262 g/mol. The minimum absolute atomic E-state index is 0.189. The number of anilines is 2. The van der Waals surface area contributed by atoms with Gasteiger partial charge in [-0.05, 0) is 29.0 Å². The molecule has 3 aromatic carbocycles. The van der Waals surface area contributed by atoms with Gasteiger partial charge >= 0.3 is 0 Å². The summed E-state index contributed by atoms with van der Waals surface area (Å²) in [6, 6.07) is 20.8. The number of amides is 1. The normalized spacial score (nSPS) is 10.4. The molecule has 0 aliphatic carbocycles. The van der Waals surface area contributed by atoms with Crippen molar-refractivity contribution in [2.45, 2.75) is 0 Å². The van der Waals surface area contributed by atoms with E-state index in [0.717, 1.165) is 16.5 Å². The second-order valence-electron chi connectivity index (χ2n) is 4.57. The van der Waals surface area contributed by atoms with Crippen LogP contribution in [0.1, 0.15) is 10.4 Å². The van der Waals surface area contributed by atoms with E-state index in [-0.39, 0.29) is 5.91 Å². The van der Waals surface area contributed by atoms with Crippen LogP contribution in [0.4, 0.5) is 11.4 Å². The van der Waals surface area contributed by atoms with Gasteiger partial charge in [0.2, 0.25) is 0 Å². The summed E-state index contributed by atoms with van der Waals surface area (Å²) >= 11 is 0. The number of para-hydroxylation sites is 1. The first kappa shape index (κ1) is 12.2. The van der Waals surface area contributed by atoms with Crippen molar-refractivity contribution >= 4 is 28.1 Å². The fourth-order valence-electron chi connectivity index (χ4n) is 2.26. The molecule has 0 heterocycles. The van der Waals surface area contributed by atoms with Crippen LogP contribution in [0.5, 0.6) is 0 Å². The van der Waals surface area contributed by atoms with Crippen molar-refractivity contribution < 1.29 is 4.79 Å². The standard InChI is InChI=1S/C17H14N2O/c18-15-11-10-12-6-4-5-9-14(12)16(15)17(20)19-13-7-2-1-3-8-13/h1-11H,18H2,(H,19,20). The van der Waals surface area contributed by atoms with Gasteiger partial charge < -0.3 is 11.1 Å². The van der Waals surface area contributed by atoms with Crippen molar-refractivity contribution in [1.29, 1.82) is 0 Å². The first-order chi connectivity index (χ1) is 9.75. The molecule has 3 nitrogen and oxygen atoms in total. The van der Waals surface area contributed by atoms with Crippen molar-refractivity contribution in [3.05, 3.63) is 72.3 Å². The van der Waals surface area contributed by atoms with Crippen molar-refractivity contribution in [1.82, 2.24) is 0 Å². The van der Waals surface area contributed by atoms with E-state index in [0.29, 0.717) is 11.3 Å². The highest BCUT2D eigenvalue weighted by molar-refractivity contribution is 6.16. The lowest BCUT2D eigenvalue weighted by molar-refractivity contribution is 0.102. The smallest absolute Gasteiger partial charge is 0.258 e. The van der Waals surface area contributed by atoms with E-state index in [1.54, 1.807) is 6.07 Å². The van der Waals surface area contributed by atoms with Gasteiger partial charge in [-0.25, -0.2) is 0 Å². The molecule has 1 amide bonds. The molecular formula is C17H14N2O. The maximum atomic E-state index is 12.5. The van der Waals surface area contributed by atoms with Crippen molar-refractivity contribution in [2.75, 3.05) is 11.1 Å². The zero-order chi connectivity index (χ0) is 13.9. The lowest BCUT2D eigenvalue weighted by atomic mass is 10.0. The zero-order valence-corrected chi connectivity index (χ0v) is 10.8. The number of rotatable bonds is 2. The highest BCUT2D eigenvalue weighted by Gasteiger charge is 2.13. The third-order valence-corrected chi connectivity index (χ3v) is 3.22. The number of carbonyl (C=O) groups excluding carboxylic acids is 1. The minimum atomic E-state index is -0.189. The molecule has 0 aliphatic rings. The van der Waals surface area contributed by atoms with E-state index < -0.39 is 0 Å². The third-order valence-electron chi connectivity index (χ3n) is 3.22. The molecular weight excluding hydrogens is 248 g/mol. The predicted molar refractivity (Wildman–Crippen MR) is 82.8 cm³/mol. The molecule has 3 rings (SSSR count). The molecule has 0 saturated carbocycles. The number of nitrogens with one attached hydrogen (secondary N) is 1. The van der Waals surface area contributed by atoms with Crippen molar-refractivity contribution in [3.8, 4) is 0 Å². The molecule has 3 aromatic rings. The highest BCUT2D eigenvalue weighted by atomic mass is 16.1. The van der Waals surface area contributed by atoms with Gasteiger partial charge in [0.1, 0.15) is 0 Å². The summed E-state index contributed by atoms with van der Waals surface area (Å²) < 4.78 is 0. The number of hydrogen-bond acceptors (Lipinski definition) is 2. The van der Waals surface area contributed by atoms with E-state index in [2.05, 4.69) is 5.32 Å². The molecule has 0 radical (unpaired) electrons. The number of carbonyl (C=O) groups is 1. The Labute approximate surface area is 117 Å². The first-order valence-electron chi connectivity index (χ1n) is 6.39. The molecule has 3 heteroatoms. The number of nitrogen functional groups attached to an aromatic ring is 1. The van der Waals surface area contributed by atoms with Crippen LogP contribution in [0.25, 0.3) is 10.8 Å². The van der Waals surface area contributed by atoms with Crippen LogP contribution in [-0.4, -0.2) is 5.91 Å². The predicted octanol–water partition coefficient (Wildman–Crippen LogP) is 3.67. The molecule has 98 valence electrons. The van der Waals surface area contributed by atoms with Crippen LogP contribution in [0.3, 0.4) is 0 Å². The largest absolute Gasteiger partial charge is 0.398 e.